The Morgan fingerprint density at radius 2 is 2.36 bits per heavy atom. The summed E-state index contributed by atoms with van der Waals surface area (Å²) in [6.07, 6.45) is 3.74. The highest BCUT2D eigenvalue weighted by Gasteiger charge is 2.06. The van der Waals surface area contributed by atoms with Crippen LogP contribution in [0.15, 0.2) is 23.0 Å². The van der Waals surface area contributed by atoms with Crippen molar-refractivity contribution in [1.82, 2.24) is 0 Å². The zero-order valence-electron chi connectivity index (χ0n) is 6.23. The molecule has 1 heterocycles. The molecule has 3 nitrogen and oxygen atoms in total. The average Bonchev–Trinajstić information content (AvgIpc) is 2.52. The monoisotopic (exact) mass is 156 g/mol. The van der Waals surface area contributed by atoms with E-state index in [1.807, 2.05) is 0 Å². The molecular formula is C8H12O3. The maximum atomic E-state index is 9.37. The lowest BCUT2D eigenvalue weighted by Crippen LogP contribution is -1.96. The van der Waals surface area contributed by atoms with E-state index in [1.165, 1.54) is 12.5 Å². The summed E-state index contributed by atoms with van der Waals surface area (Å²) in [6.45, 7) is 0.120. The van der Waals surface area contributed by atoms with Crippen LogP contribution in [0.3, 0.4) is 0 Å². The molecule has 0 aliphatic carbocycles. The summed E-state index contributed by atoms with van der Waals surface area (Å²) in [6, 6.07) is 1.72. The van der Waals surface area contributed by atoms with Crippen molar-refractivity contribution in [2.45, 2.75) is 18.9 Å². The minimum absolute atomic E-state index is 0.120. The Kier molecular flexibility index (Phi) is 3.14. The Morgan fingerprint density at radius 3 is 2.91 bits per heavy atom. The Bertz CT molecular complexity index is 181. The number of hydrogen-bond donors (Lipinski definition) is 2. The highest BCUT2D eigenvalue weighted by molar-refractivity contribution is 5.08. The minimum Gasteiger partial charge on any atom is -0.472 e. The van der Waals surface area contributed by atoms with Gasteiger partial charge in [-0.25, -0.2) is 0 Å². The first-order chi connectivity index (χ1) is 5.34. The Hall–Kier alpha value is -0.800. The van der Waals surface area contributed by atoms with Crippen LogP contribution >= 0.6 is 0 Å². The lowest BCUT2D eigenvalue weighted by Gasteiger charge is -2.05. The SMILES string of the molecule is OCCC[C@@H](O)c1ccoc1. The quantitative estimate of drug-likeness (QED) is 0.686. The molecule has 0 spiro atoms. The molecule has 0 fully saturated rings. The highest BCUT2D eigenvalue weighted by Crippen LogP contribution is 2.17. The van der Waals surface area contributed by atoms with Crippen molar-refractivity contribution in [3.8, 4) is 0 Å². The van der Waals surface area contributed by atoms with Crippen molar-refractivity contribution >= 4 is 0 Å². The van der Waals surface area contributed by atoms with Gasteiger partial charge < -0.3 is 14.6 Å². The van der Waals surface area contributed by atoms with Crippen molar-refractivity contribution in [2.24, 2.45) is 0 Å². The van der Waals surface area contributed by atoms with Crippen LogP contribution in [-0.2, 0) is 0 Å². The summed E-state index contributed by atoms with van der Waals surface area (Å²) >= 11 is 0. The van der Waals surface area contributed by atoms with E-state index < -0.39 is 6.10 Å². The molecule has 0 aliphatic heterocycles. The summed E-state index contributed by atoms with van der Waals surface area (Å²) in [5.41, 5.74) is 0.776. The smallest absolute Gasteiger partial charge is 0.0960 e. The molecule has 0 aliphatic rings. The van der Waals surface area contributed by atoms with Crippen molar-refractivity contribution in [3.05, 3.63) is 24.2 Å². The molecule has 1 aromatic rings. The van der Waals surface area contributed by atoms with E-state index >= 15 is 0 Å². The largest absolute Gasteiger partial charge is 0.472 e. The second-order valence-corrected chi connectivity index (χ2v) is 2.44. The van der Waals surface area contributed by atoms with Gasteiger partial charge in [-0.05, 0) is 18.9 Å². The summed E-state index contributed by atoms with van der Waals surface area (Å²) < 4.78 is 4.79. The van der Waals surface area contributed by atoms with E-state index in [4.69, 9.17) is 9.52 Å². The summed E-state index contributed by atoms with van der Waals surface area (Å²) in [4.78, 5) is 0. The molecule has 0 saturated carbocycles. The first kappa shape index (κ1) is 8.30. The maximum absolute atomic E-state index is 9.37. The summed E-state index contributed by atoms with van der Waals surface area (Å²) in [5, 5.41) is 17.8. The topological polar surface area (TPSA) is 53.6 Å². The molecule has 0 radical (unpaired) electrons. The molecule has 3 heteroatoms. The Morgan fingerprint density at radius 1 is 1.55 bits per heavy atom. The number of hydrogen-bond acceptors (Lipinski definition) is 3. The van der Waals surface area contributed by atoms with Gasteiger partial charge >= 0.3 is 0 Å². The van der Waals surface area contributed by atoms with E-state index in [2.05, 4.69) is 0 Å². The van der Waals surface area contributed by atoms with Crippen molar-refractivity contribution in [3.63, 3.8) is 0 Å². The second-order valence-electron chi connectivity index (χ2n) is 2.44. The van der Waals surface area contributed by atoms with Crippen LogP contribution in [-0.4, -0.2) is 16.8 Å². The lowest BCUT2D eigenvalue weighted by atomic mass is 10.1. The fourth-order valence-electron chi connectivity index (χ4n) is 0.916. The van der Waals surface area contributed by atoms with Crippen LogP contribution in [0.25, 0.3) is 0 Å². The average molecular weight is 156 g/mol. The van der Waals surface area contributed by atoms with Gasteiger partial charge in [-0.15, -0.1) is 0 Å². The normalized spacial score (nSPS) is 13.3. The fraction of sp³-hybridized carbons (Fsp3) is 0.500. The zero-order chi connectivity index (χ0) is 8.10. The number of aliphatic hydroxyl groups is 2. The van der Waals surface area contributed by atoms with Gasteiger partial charge in [0.1, 0.15) is 0 Å². The third-order valence-corrected chi connectivity index (χ3v) is 1.56. The van der Waals surface area contributed by atoms with Crippen LogP contribution in [0.4, 0.5) is 0 Å². The third-order valence-electron chi connectivity index (χ3n) is 1.56. The van der Waals surface area contributed by atoms with Crippen LogP contribution in [0.5, 0.6) is 0 Å². The van der Waals surface area contributed by atoms with Gasteiger partial charge in [-0.1, -0.05) is 0 Å². The van der Waals surface area contributed by atoms with Crippen LogP contribution in [0.2, 0.25) is 0 Å². The van der Waals surface area contributed by atoms with E-state index in [0.29, 0.717) is 12.8 Å². The van der Waals surface area contributed by atoms with Gasteiger partial charge in [0, 0.05) is 12.2 Å². The molecule has 1 atom stereocenters. The lowest BCUT2D eigenvalue weighted by molar-refractivity contribution is 0.151. The van der Waals surface area contributed by atoms with Crippen LogP contribution in [0.1, 0.15) is 24.5 Å². The van der Waals surface area contributed by atoms with Gasteiger partial charge in [0.25, 0.3) is 0 Å². The highest BCUT2D eigenvalue weighted by atomic mass is 16.3. The van der Waals surface area contributed by atoms with Crippen molar-refractivity contribution in [2.75, 3.05) is 6.61 Å². The summed E-state index contributed by atoms with van der Waals surface area (Å²) in [5.74, 6) is 0. The summed E-state index contributed by atoms with van der Waals surface area (Å²) in [7, 11) is 0. The zero-order valence-corrected chi connectivity index (χ0v) is 6.23. The van der Waals surface area contributed by atoms with E-state index in [9.17, 15) is 5.11 Å². The molecule has 0 amide bonds. The molecule has 2 N–H and O–H groups in total. The second kappa shape index (κ2) is 4.16. The predicted octanol–water partition coefficient (Wildman–Crippen LogP) is 1.09. The number of furan rings is 1. The minimum atomic E-state index is -0.499. The van der Waals surface area contributed by atoms with E-state index in [0.717, 1.165) is 5.56 Å². The molecule has 0 unspecified atom stereocenters. The fourth-order valence-corrected chi connectivity index (χ4v) is 0.916. The Labute approximate surface area is 65.3 Å². The van der Waals surface area contributed by atoms with E-state index in [1.54, 1.807) is 6.07 Å². The molecular weight excluding hydrogens is 144 g/mol. The van der Waals surface area contributed by atoms with Gasteiger partial charge in [-0.3, -0.25) is 0 Å². The predicted molar refractivity (Wildman–Crippen MR) is 40.0 cm³/mol. The number of rotatable bonds is 4. The van der Waals surface area contributed by atoms with Gasteiger partial charge in [0.05, 0.1) is 18.6 Å². The molecule has 62 valence electrons. The van der Waals surface area contributed by atoms with Crippen molar-refractivity contribution < 1.29 is 14.6 Å². The first-order valence-electron chi connectivity index (χ1n) is 3.65. The number of aliphatic hydroxyl groups excluding tert-OH is 2. The molecule has 0 aromatic carbocycles. The maximum Gasteiger partial charge on any atom is 0.0960 e. The standard InChI is InChI=1S/C8H12O3/c9-4-1-2-8(10)7-3-5-11-6-7/h3,5-6,8-10H,1-2,4H2/t8-/m1/s1. The molecule has 0 saturated heterocycles. The Balaban J connectivity index is 2.36. The van der Waals surface area contributed by atoms with Gasteiger partial charge in [0.15, 0.2) is 0 Å². The van der Waals surface area contributed by atoms with Gasteiger partial charge in [-0.2, -0.15) is 0 Å². The van der Waals surface area contributed by atoms with E-state index in [-0.39, 0.29) is 6.61 Å². The van der Waals surface area contributed by atoms with Crippen LogP contribution < -0.4 is 0 Å². The van der Waals surface area contributed by atoms with Crippen LogP contribution in [0, 0.1) is 0 Å². The third kappa shape index (κ3) is 2.37. The molecule has 11 heavy (non-hydrogen) atoms. The molecule has 1 aromatic heterocycles. The first-order valence-corrected chi connectivity index (χ1v) is 3.65. The molecule has 1 rings (SSSR count). The molecule has 0 bridgehead atoms. The van der Waals surface area contributed by atoms with Crippen molar-refractivity contribution in [1.29, 1.82) is 0 Å². The van der Waals surface area contributed by atoms with Gasteiger partial charge in [0.2, 0.25) is 0 Å².